The van der Waals surface area contributed by atoms with Gasteiger partial charge in [-0.1, -0.05) is 28.1 Å². The highest BCUT2D eigenvalue weighted by Gasteiger charge is 2.37. The van der Waals surface area contributed by atoms with Crippen molar-refractivity contribution >= 4 is 32.7 Å². The van der Waals surface area contributed by atoms with E-state index in [4.69, 9.17) is 9.47 Å². The van der Waals surface area contributed by atoms with Gasteiger partial charge in [0.25, 0.3) is 0 Å². The van der Waals surface area contributed by atoms with Crippen molar-refractivity contribution in [2.75, 3.05) is 13.7 Å². The van der Waals surface area contributed by atoms with Crippen LogP contribution in [-0.2, 0) is 4.79 Å². The minimum Gasteiger partial charge on any atom is -0.497 e. The minimum absolute atomic E-state index is 0.0107. The Kier molecular flexibility index (Phi) is 5.95. The summed E-state index contributed by atoms with van der Waals surface area (Å²) in [5.74, 6) is 1.90. The van der Waals surface area contributed by atoms with Gasteiger partial charge in [-0.15, -0.1) is 0 Å². The van der Waals surface area contributed by atoms with Crippen LogP contribution in [0.5, 0.6) is 11.5 Å². The highest BCUT2D eigenvalue weighted by Crippen LogP contribution is 2.34. The number of rotatable bonds is 6. The van der Waals surface area contributed by atoms with Crippen LogP contribution >= 0.6 is 15.9 Å². The van der Waals surface area contributed by atoms with Crippen LogP contribution in [-0.4, -0.2) is 35.5 Å². The van der Waals surface area contributed by atoms with Gasteiger partial charge >= 0.3 is 0 Å². The van der Waals surface area contributed by atoms with Crippen LogP contribution in [0.4, 0.5) is 0 Å². The van der Waals surface area contributed by atoms with Gasteiger partial charge < -0.3 is 14.4 Å². The lowest BCUT2D eigenvalue weighted by Gasteiger charge is -2.27. The van der Waals surface area contributed by atoms with Crippen molar-refractivity contribution in [3.05, 3.63) is 64.8 Å². The Morgan fingerprint density at radius 2 is 1.93 bits per heavy atom. The molecule has 1 aliphatic rings. The summed E-state index contributed by atoms with van der Waals surface area (Å²) in [5.41, 5.74) is 1.98. The first-order chi connectivity index (χ1) is 14.5. The van der Waals surface area contributed by atoms with Crippen LogP contribution in [0.1, 0.15) is 31.9 Å². The molecule has 6 heteroatoms. The summed E-state index contributed by atoms with van der Waals surface area (Å²) in [7, 11) is 1.65. The molecule has 0 saturated carbocycles. The van der Waals surface area contributed by atoms with E-state index >= 15 is 0 Å². The second-order valence-corrected chi connectivity index (χ2v) is 8.67. The summed E-state index contributed by atoms with van der Waals surface area (Å²) in [6.07, 6.45) is 2.17. The van der Waals surface area contributed by atoms with Gasteiger partial charge in [0.05, 0.1) is 18.7 Å². The molecule has 0 bridgehead atoms. The highest BCUT2D eigenvalue weighted by molar-refractivity contribution is 9.10. The van der Waals surface area contributed by atoms with Crippen molar-refractivity contribution in [3.8, 4) is 11.5 Å². The molecule has 156 valence electrons. The molecule has 3 atom stereocenters. The Morgan fingerprint density at radius 1 is 1.17 bits per heavy atom. The van der Waals surface area contributed by atoms with Gasteiger partial charge in [0.2, 0.25) is 5.91 Å². The van der Waals surface area contributed by atoms with Gasteiger partial charge in [0.15, 0.2) is 0 Å². The number of likely N-dealkylation sites (tertiary alicyclic amines) is 1. The highest BCUT2D eigenvalue weighted by atomic mass is 79.9. The Labute approximate surface area is 185 Å². The fourth-order valence-corrected chi connectivity index (χ4v) is 4.45. The van der Waals surface area contributed by atoms with Crippen molar-refractivity contribution in [1.29, 1.82) is 0 Å². The lowest BCUT2D eigenvalue weighted by Crippen LogP contribution is -2.31. The number of halogens is 1. The normalized spacial score (nSPS) is 18.5. The molecule has 0 aliphatic carbocycles. The molecule has 30 heavy (non-hydrogen) atoms. The molecule has 2 heterocycles. The van der Waals surface area contributed by atoms with Gasteiger partial charge in [-0.2, -0.15) is 0 Å². The number of hydrogen-bond acceptors (Lipinski definition) is 4. The zero-order chi connectivity index (χ0) is 21.3. The third-order valence-corrected chi connectivity index (χ3v) is 6.34. The Hall–Kier alpha value is -2.60. The van der Waals surface area contributed by atoms with Gasteiger partial charge in [-0.05, 0) is 55.8 Å². The first-order valence-corrected chi connectivity index (χ1v) is 10.9. The molecule has 5 nitrogen and oxygen atoms in total. The minimum atomic E-state index is -0.0975. The van der Waals surface area contributed by atoms with Crippen LogP contribution in [0.2, 0.25) is 0 Å². The summed E-state index contributed by atoms with van der Waals surface area (Å²) in [6.45, 7) is 4.79. The van der Waals surface area contributed by atoms with Crippen LogP contribution in [0.3, 0.4) is 0 Å². The summed E-state index contributed by atoms with van der Waals surface area (Å²) in [4.78, 5) is 19.1. The maximum absolute atomic E-state index is 12.8. The van der Waals surface area contributed by atoms with Gasteiger partial charge in [-0.3, -0.25) is 9.78 Å². The lowest BCUT2D eigenvalue weighted by molar-refractivity contribution is -0.129. The van der Waals surface area contributed by atoms with Crippen LogP contribution in [0.25, 0.3) is 10.9 Å². The van der Waals surface area contributed by atoms with Crippen molar-refractivity contribution in [1.82, 2.24) is 9.88 Å². The summed E-state index contributed by atoms with van der Waals surface area (Å²) < 4.78 is 12.5. The number of carbonyl (C=O) groups excluding carboxylic acids is 1. The molecule has 0 N–H and O–H groups in total. The average Bonchev–Trinajstić information content (AvgIpc) is 3.15. The molecular weight excluding hydrogens is 444 g/mol. The zero-order valence-corrected chi connectivity index (χ0v) is 18.9. The molecule has 1 aromatic heterocycles. The molecule has 3 aromatic rings. The number of amides is 1. The molecule has 1 amide bonds. The van der Waals surface area contributed by atoms with Crippen molar-refractivity contribution in [2.24, 2.45) is 5.92 Å². The molecule has 1 fully saturated rings. The smallest absolute Gasteiger partial charge is 0.223 e. The fourth-order valence-electron chi connectivity index (χ4n) is 4.02. The third-order valence-electron chi connectivity index (χ3n) is 5.88. The number of fused-ring (bicyclic) bond motifs is 1. The second kappa shape index (κ2) is 8.64. The van der Waals surface area contributed by atoms with E-state index in [2.05, 4.69) is 27.8 Å². The topological polar surface area (TPSA) is 51.7 Å². The third kappa shape index (κ3) is 4.15. The number of benzene rings is 2. The summed E-state index contributed by atoms with van der Waals surface area (Å²) in [6, 6.07) is 15.8. The van der Waals surface area contributed by atoms with Crippen molar-refractivity contribution in [3.63, 3.8) is 0 Å². The predicted molar refractivity (Wildman–Crippen MR) is 121 cm³/mol. The molecule has 4 rings (SSSR count). The van der Waals surface area contributed by atoms with E-state index in [1.807, 2.05) is 60.4 Å². The standard InChI is InChI=1S/C24H25BrN2O3/c1-15(17-6-8-20(29-3)9-7-17)27-14-18(11-24(27)28)16(2)30-23-13-19(25)12-22-21(23)5-4-10-26-22/h4-10,12-13,15-16,18H,11,14H2,1-3H3/t15?,16-,18-/m1/s1. The molecule has 0 radical (unpaired) electrons. The second-order valence-electron chi connectivity index (χ2n) is 7.76. The van der Waals surface area contributed by atoms with E-state index in [-0.39, 0.29) is 24.0 Å². The molecule has 2 aromatic carbocycles. The Balaban J connectivity index is 1.48. The van der Waals surface area contributed by atoms with Crippen LogP contribution in [0, 0.1) is 5.92 Å². The average molecular weight is 469 g/mol. The predicted octanol–water partition coefficient (Wildman–Crippen LogP) is 5.38. The van der Waals surface area contributed by atoms with E-state index in [1.165, 1.54) is 0 Å². The van der Waals surface area contributed by atoms with Crippen LogP contribution < -0.4 is 9.47 Å². The molecular formula is C24H25BrN2O3. The number of aromatic nitrogens is 1. The molecule has 1 unspecified atom stereocenters. The summed E-state index contributed by atoms with van der Waals surface area (Å²) >= 11 is 3.54. The fraction of sp³-hybridized carbons (Fsp3) is 0.333. The maximum Gasteiger partial charge on any atom is 0.223 e. The quantitative estimate of drug-likeness (QED) is 0.486. The van der Waals surface area contributed by atoms with Crippen molar-refractivity contribution < 1.29 is 14.3 Å². The number of nitrogens with zero attached hydrogens (tertiary/aromatic N) is 2. The van der Waals surface area contributed by atoms with E-state index in [1.54, 1.807) is 13.3 Å². The molecule has 0 spiro atoms. The zero-order valence-electron chi connectivity index (χ0n) is 17.3. The largest absolute Gasteiger partial charge is 0.497 e. The van der Waals surface area contributed by atoms with Crippen LogP contribution in [0.15, 0.2) is 59.2 Å². The first-order valence-electron chi connectivity index (χ1n) is 10.1. The van der Waals surface area contributed by atoms with E-state index < -0.39 is 0 Å². The first kappa shape index (κ1) is 20.7. The number of carbonyl (C=O) groups is 1. The molecule has 1 aliphatic heterocycles. The van der Waals surface area contributed by atoms with Crippen molar-refractivity contribution in [2.45, 2.75) is 32.4 Å². The van der Waals surface area contributed by atoms with E-state index in [0.717, 1.165) is 32.4 Å². The number of methoxy groups -OCH3 is 1. The van der Waals surface area contributed by atoms with E-state index in [0.29, 0.717) is 13.0 Å². The van der Waals surface area contributed by atoms with Gasteiger partial charge in [0, 0.05) is 34.9 Å². The monoisotopic (exact) mass is 468 g/mol. The van der Waals surface area contributed by atoms with Gasteiger partial charge in [-0.25, -0.2) is 0 Å². The summed E-state index contributed by atoms with van der Waals surface area (Å²) in [5, 5.41) is 0.973. The maximum atomic E-state index is 12.8. The Morgan fingerprint density at radius 3 is 2.67 bits per heavy atom. The Bertz CT molecular complexity index is 1050. The number of hydrogen-bond donors (Lipinski definition) is 0. The van der Waals surface area contributed by atoms with Gasteiger partial charge in [0.1, 0.15) is 17.6 Å². The number of ether oxygens (including phenoxy) is 2. The lowest BCUT2D eigenvalue weighted by atomic mass is 10.0. The molecule has 1 saturated heterocycles. The number of pyridine rings is 1. The SMILES string of the molecule is COc1ccc(C(C)N2C[C@H]([C@@H](C)Oc3cc(Br)cc4ncccc34)CC2=O)cc1. The van der Waals surface area contributed by atoms with E-state index in [9.17, 15) is 4.79 Å².